The zero-order valence-corrected chi connectivity index (χ0v) is 13.2. The zero-order chi connectivity index (χ0) is 14.5. The maximum absolute atomic E-state index is 12.3. The summed E-state index contributed by atoms with van der Waals surface area (Å²) in [6.07, 6.45) is 5.18. The lowest BCUT2D eigenvalue weighted by molar-refractivity contribution is -0.132. The van der Waals surface area contributed by atoms with Gasteiger partial charge in [0.05, 0.1) is 0 Å². The highest BCUT2D eigenvalue weighted by molar-refractivity contribution is 5.76. The molecule has 1 amide bonds. The largest absolute Gasteiger partial charge is 0.343 e. The SMILES string of the molecule is CCC(CN)CC(=O)N1CCCC(C(C)(C)C)CC1. The summed E-state index contributed by atoms with van der Waals surface area (Å²) in [4.78, 5) is 14.4. The second kappa shape index (κ2) is 7.28. The molecule has 0 saturated carbocycles. The summed E-state index contributed by atoms with van der Waals surface area (Å²) in [7, 11) is 0. The van der Waals surface area contributed by atoms with Crippen molar-refractivity contribution in [2.24, 2.45) is 23.0 Å². The summed E-state index contributed by atoms with van der Waals surface area (Å²) in [5, 5.41) is 0. The van der Waals surface area contributed by atoms with Gasteiger partial charge < -0.3 is 10.6 Å². The summed E-state index contributed by atoms with van der Waals surface area (Å²) >= 11 is 0. The molecule has 1 saturated heterocycles. The standard InChI is InChI=1S/C16H32N2O/c1-5-13(12-17)11-15(19)18-9-6-7-14(8-10-18)16(2,3)4/h13-14H,5-12,17H2,1-4H3. The summed E-state index contributed by atoms with van der Waals surface area (Å²) < 4.78 is 0. The minimum atomic E-state index is 0.312. The molecule has 112 valence electrons. The van der Waals surface area contributed by atoms with Crippen molar-refractivity contribution < 1.29 is 4.79 Å². The van der Waals surface area contributed by atoms with E-state index < -0.39 is 0 Å². The number of carbonyl (C=O) groups is 1. The smallest absolute Gasteiger partial charge is 0.222 e. The van der Waals surface area contributed by atoms with E-state index in [2.05, 4.69) is 32.6 Å². The summed E-state index contributed by atoms with van der Waals surface area (Å²) in [5.74, 6) is 1.41. The second-order valence-corrected chi connectivity index (χ2v) is 7.09. The van der Waals surface area contributed by atoms with Gasteiger partial charge in [0.1, 0.15) is 0 Å². The number of amides is 1. The van der Waals surface area contributed by atoms with Crippen LogP contribution in [0.2, 0.25) is 0 Å². The van der Waals surface area contributed by atoms with Gasteiger partial charge in [0.15, 0.2) is 0 Å². The first kappa shape index (κ1) is 16.5. The maximum Gasteiger partial charge on any atom is 0.222 e. The lowest BCUT2D eigenvalue weighted by atomic mass is 9.77. The van der Waals surface area contributed by atoms with Crippen molar-refractivity contribution in [1.82, 2.24) is 4.90 Å². The Morgan fingerprint density at radius 3 is 2.53 bits per heavy atom. The molecule has 0 spiro atoms. The molecular weight excluding hydrogens is 236 g/mol. The van der Waals surface area contributed by atoms with E-state index in [-0.39, 0.29) is 0 Å². The van der Waals surface area contributed by atoms with Crippen LogP contribution in [0.25, 0.3) is 0 Å². The molecule has 0 aliphatic carbocycles. The van der Waals surface area contributed by atoms with E-state index in [0.717, 1.165) is 38.3 Å². The first-order chi connectivity index (χ1) is 8.88. The monoisotopic (exact) mass is 268 g/mol. The molecule has 1 aliphatic heterocycles. The Hall–Kier alpha value is -0.570. The van der Waals surface area contributed by atoms with Crippen molar-refractivity contribution in [3.63, 3.8) is 0 Å². The highest BCUT2D eigenvalue weighted by Gasteiger charge is 2.28. The van der Waals surface area contributed by atoms with Crippen LogP contribution in [-0.2, 0) is 4.79 Å². The average molecular weight is 268 g/mol. The van der Waals surface area contributed by atoms with Gasteiger partial charge in [-0.2, -0.15) is 0 Å². The molecule has 0 aromatic rings. The Kier molecular flexibility index (Phi) is 6.31. The second-order valence-electron chi connectivity index (χ2n) is 7.09. The van der Waals surface area contributed by atoms with Crippen LogP contribution in [0.5, 0.6) is 0 Å². The van der Waals surface area contributed by atoms with Gasteiger partial charge in [-0.15, -0.1) is 0 Å². The lowest BCUT2D eigenvalue weighted by Crippen LogP contribution is -2.34. The number of hydrogen-bond acceptors (Lipinski definition) is 2. The highest BCUT2D eigenvalue weighted by atomic mass is 16.2. The molecule has 0 radical (unpaired) electrons. The fourth-order valence-corrected chi connectivity index (χ4v) is 2.98. The van der Waals surface area contributed by atoms with Crippen molar-refractivity contribution in [2.75, 3.05) is 19.6 Å². The fourth-order valence-electron chi connectivity index (χ4n) is 2.98. The minimum Gasteiger partial charge on any atom is -0.343 e. The number of nitrogens with two attached hydrogens (primary N) is 1. The molecule has 1 fully saturated rings. The Morgan fingerprint density at radius 1 is 1.32 bits per heavy atom. The van der Waals surface area contributed by atoms with E-state index in [9.17, 15) is 4.79 Å². The predicted molar refractivity (Wildman–Crippen MR) is 80.8 cm³/mol. The van der Waals surface area contributed by atoms with E-state index in [1.807, 2.05) is 0 Å². The third-order valence-electron chi connectivity index (χ3n) is 4.68. The van der Waals surface area contributed by atoms with Gasteiger partial charge >= 0.3 is 0 Å². The molecular formula is C16H32N2O. The molecule has 19 heavy (non-hydrogen) atoms. The molecule has 0 aromatic heterocycles. The first-order valence-electron chi connectivity index (χ1n) is 7.86. The highest BCUT2D eigenvalue weighted by Crippen LogP contribution is 2.34. The molecule has 3 nitrogen and oxygen atoms in total. The van der Waals surface area contributed by atoms with Crippen LogP contribution < -0.4 is 5.73 Å². The van der Waals surface area contributed by atoms with Crippen LogP contribution in [0.3, 0.4) is 0 Å². The van der Waals surface area contributed by atoms with Gasteiger partial charge in [0.2, 0.25) is 5.91 Å². The van der Waals surface area contributed by atoms with Gasteiger partial charge in [-0.3, -0.25) is 4.79 Å². The first-order valence-corrected chi connectivity index (χ1v) is 7.86. The Balaban J connectivity index is 2.50. The molecule has 1 aliphatic rings. The topological polar surface area (TPSA) is 46.3 Å². The van der Waals surface area contributed by atoms with Crippen molar-refractivity contribution >= 4 is 5.91 Å². The molecule has 2 atom stereocenters. The number of hydrogen-bond donors (Lipinski definition) is 1. The molecule has 1 rings (SSSR count). The van der Waals surface area contributed by atoms with Gasteiger partial charge in [0.25, 0.3) is 0 Å². The Bertz CT molecular complexity index is 279. The molecule has 1 heterocycles. The van der Waals surface area contributed by atoms with Crippen LogP contribution in [0, 0.1) is 17.3 Å². The van der Waals surface area contributed by atoms with E-state index in [1.165, 1.54) is 6.42 Å². The lowest BCUT2D eigenvalue weighted by Gasteiger charge is -2.30. The molecule has 3 heteroatoms. The van der Waals surface area contributed by atoms with E-state index >= 15 is 0 Å². The average Bonchev–Trinajstić information content (AvgIpc) is 2.60. The quantitative estimate of drug-likeness (QED) is 0.852. The number of nitrogens with zero attached hydrogens (tertiary/aromatic N) is 1. The Morgan fingerprint density at radius 2 is 2.00 bits per heavy atom. The number of likely N-dealkylation sites (tertiary alicyclic amines) is 1. The molecule has 2 N–H and O–H groups in total. The molecule has 2 unspecified atom stereocenters. The molecule has 0 aromatic carbocycles. The van der Waals surface area contributed by atoms with Crippen molar-refractivity contribution in [3.05, 3.63) is 0 Å². The summed E-state index contributed by atoms with van der Waals surface area (Å²) in [6, 6.07) is 0. The Labute approximate surface area is 118 Å². The van der Waals surface area contributed by atoms with Crippen molar-refractivity contribution in [3.8, 4) is 0 Å². The molecule has 0 bridgehead atoms. The third-order valence-corrected chi connectivity index (χ3v) is 4.68. The van der Waals surface area contributed by atoms with Gasteiger partial charge in [-0.05, 0) is 43.1 Å². The number of carbonyl (C=O) groups excluding carboxylic acids is 1. The van der Waals surface area contributed by atoms with Crippen molar-refractivity contribution in [1.29, 1.82) is 0 Å². The van der Waals surface area contributed by atoms with Crippen LogP contribution in [-0.4, -0.2) is 30.4 Å². The van der Waals surface area contributed by atoms with Crippen LogP contribution in [0.15, 0.2) is 0 Å². The maximum atomic E-state index is 12.3. The third kappa shape index (κ3) is 5.13. The summed E-state index contributed by atoms with van der Waals surface area (Å²) in [6.45, 7) is 11.6. The van der Waals surface area contributed by atoms with Crippen LogP contribution >= 0.6 is 0 Å². The predicted octanol–water partition coefficient (Wildman–Crippen LogP) is 3.04. The van der Waals surface area contributed by atoms with E-state index in [4.69, 9.17) is 5.73 Å². The van der Waals surface area contributed by atoms with Gasteiger partial charge in [-0.25, -0.2) is 0 Å². The summed E-state index contributed by atoms with van der Waals surface area (Å²) in [5.41, 5.74) is 6.06. The normalized spacial score (nSPS) is 23.0. The zero-order valence-electron chi connectivity index (χ0n) is 13.2. The van der Waals surface area contributed by atoms with Crippen molar-refractivity contribution in [2.45, 2.75) is 59.8 Å². The van der Waals surface area contributed by atoms with Crippen LogP contribution in [0.4, 0.5) is 0 Å². The minimum absolute atomic E-state index is 0.312. The van der Waals surface area contributed by atoms with Gasteiger partial charge in [0, 0.05) is 19.5 Å². The van der Waals surface area contributed by atoms with Gasteiger partial charge in [-0.1, -0.05) is 34.1 Å². The van der Waals surface area contributed by atoms with E-state index in [1.54, 1.807) is 0 Å². The fraction of sp³-hybridized carbons (Fsp3) is 0.938. The van der Waals surface area contributed by atoms with E-state index in [0.29, 0.717) is 30.2 Å². The number of rotatable bonds is 4. The van der Waals surface area contributed by atoms with Crippen LogP contribution in [0.1, 0.15) is 59.8 Å².